The lowest BCUT2D eigenvalue weighted by molar-refractivity contribution is 0.122. The average molecular weight is 521 g/mol. The largest absolute Gasteiger partial charge is 0.378 e. The van der Waals surface area contributed by atoms with Crippen LogP contribution in [0.2, 0.25) is 0 Å². The smallest absolute Gasteiger partial charge is 0.227 e. The molecule has 3 aromatic rings. The van der Waals surface area contributed by atoms with E-state index in [1.165, 1.54) is 11.8 Å². The van der Waals surface area contributed by atoms with Crippen molar-refractivity contribution in [3.05, 3.63) is 59.9 Å². The number of nitrogens with zero attached hydrogens (tertiary/aromatic N) is 5. The van der Waals surface area contributed by atoms with E-state index in [1.54, 1.807) is 10.5 Å². The number of anilines is 3. The molecule has 1 saturated carbocycles. The van der Waals surface area contributed by atoms with E-state index in [0.717, 1.165) is 67.5 Å². The number of piperidine rings is 1. The summed E-state index contributed by atoms with van der Waals surface area (Å²) in [4.78, 5) is 16.0. The molecule has 0 amide bonds. The fourth-order valence-corrected chi connectivity index (χ4v) is 7.29. The number of pyridine rings is 1. The number of aryl methyl sites for hydroxylation is 1. The summed E-state index contributed by atoms with van der Waals surface area (Å²) in [5.41, 5.74) is 5.01. The van der Waals surface area contributed by atoms with Crippen LogP contribution < -0.4 is 10.2 Å². The van der Waals surface area contributed by atoms with Crippen LogP contribution in [0.25, 0.3) is 11.3 Å². The minimum atomic E-state index is -3.18. The number of hydrogen-bond donors (Lipinski definition) is 1. The third-order valence-electron chi connectivity index (χ3n) is 7.82. The van der Waals surface area contributed by atoms with Gasteiger partial charge in [0, 0.05) is 55.2 Å². The van der Waals surface area contributed by atoms with Gasteiger partial charge in [-0.05, 0) is 67.1 Å². The highest BCUT2D eigenvalue weighted by Gasteiger charge is 2.49. The fourth-order valence-electron chi connectivity index (χ4n) is 6.09. The topological polar surface area (TPSA) is 101 Å². The average Bonchev–Trinajstić information content (AvgIpc) is 3.51. The van der Waals surface area contributed by atoms with Gasteiger partial charge in [-0.3, -0.25) is 0 Å². The van der Waals surface area contributed by atoms with Crippen LogP contribution in [0.15, 0.2) is 48.8 Å². The number of hydrogen-bond acceptors (Lipinski definition) is 8. The zero-order chi connectivity index (χ0) is 25.6. The van der Waals surface area contributed by atoms with Gasteiger partial charge in [-0.25, -0.2) is 23.4 Å². The number of ether oxygens (including phenoxy) is 1. The van der Waals surface area contributed by atoms with Crippen LogP contribution in [0, 0.1) is 12.8 Å². The Morgan fingerprint density at radius 3 is 2.59 bits per heavy atom. The third kappa shape index (κ3) is 4.93. The Labute approximate surface area is 218 Å². The Kier molecular flexibility index (Phi) is 6.34. The Hall–Kier alpha value is -3.08. The lowest BCUT2D eigenvalue weighted by Crippen LogP contribution is -2.40. The maximum Gasteiger partial charge on any atom is 0.227 e. The van der Waals surface area contributed by atoms with E-state index in [4.69, 9.17) is 9.72 Å². The molecule has 3 unspecified atom stereocenters. The van der Waals surface area contributed by atoms with E-state index in [-0.39, 0.29) is 12.0 Å². The summed E-state index contributed by atoms with van der Waals surface area (Å²) in [6.07, 6.45) is 6.93. The Morgan fingerprint density at radius 1 is 1.05 bits per heavy atom. The summed E-state index contributed by atoms with van der Waals surface area (Å²) in [5.74, 6) is 2.17. The number of morpholine rings is 1. The molecule has 1 aliphatic carbocycles. The van der Waals surface area contributed by atoms with Crippen molar-refractivity contribution in [3.63, 3.8) is 0 Å². The molecule has 0 spiro atoms. The number of nitrogens with one attached hydrogen (secondary N) is 1. The van der Waals surface area contributed by atoms with E-state index in [1.807, 2.05) is 30.5 Å². The summed E-state index contributed by atoms with van der Waals surface area (Å²) in [6.45, 7) is 5.92. The second-order valence-corrected chi connectivity index (χ2v) is 12.2. The van der Waals surface area contributed by atoms with Gasteiger partial charge in [-0.15, -0.1) is 0 Å². The number of fused-ring (bicyclic) bond motifs is 2. The predicted molar refractivity (Wildman–Crippen MR) is 144 cm³/mol. The monoisotopic (exact) mass is 520 g/mol. The highest BCUT2D eigenvalue weighted by molar-refractivity contribution is 7.88. The minimum absolute atomic E-state index is 0.0702. The molecular weight excluding hydrogens is 488 g/mol. The molecule has 3 atom stereocenters. The molecule has 9 nitrogen and oxygen atoms in total. The summed E-state index contributed by atoms with van der Waals surface area (Å²) >= 11 is 0. The van der Waals surface area contributed by atoms with Crippen LogP contribution in [0.3, 0.4) is 0 Å². The lowest BCUT2D eigenvalue weighted by atomic mass is 9.88. The van der Waals surface area contributed by atoms with Crippen molar-refractivity contribution in [2.45, 2.75) is 31.7 Å². The van der Waals surface area contributed by atoms with Gasteiger partial charge in [-0.1, -0.05) is 6.07 Å². The van der Waals surface area contributed by atoms with E-state index >= 15 is 0 Å². The number of benzene rings is 1. The maximum absolute atomic E-state index is 12.3. The first-order valence-electron chi connectivity index (χ1n) is 12.8. The maximum atomic E-state index is 12.3. The first kappa shape index (κ1) is 24.3. The Balaban J connectivity index is 1.17. The molecule has 2 saturated heterocycles. The number of sulfonamides is 1. The second kappa shape index (κ2) is 9.66. The number of aromatic nitrogens is 3. The summed E-state index contributed by atoms with van der Waals surface area (Å²) < 4.78 is 31.6. The minimum Gasteiger partial charge on any atom is -0.378 e. The predicted octanol–water partition coefficient (Wildman–Crippen LogP) is 3.56. The first-order chi connectivity index (χ1) is 17.8. The first-order valence-corrected chi connectivity index (χ1v) is 14.7. The van der Waals surface area contributed by atoms with Gasteiger partial charge < -0.3 is 15.0 Å². The van der Waals surface area contributed by atoms with Gasteiger partial charge in [0.15, 0.2) is 0 Å². The Bertz CT molecular complexity index is 1390. The molecule has 4 heterocycles. The van der Waals surface area contributed by atoms with Crippen molar-refractivity contribution in [1.29, 1.82) is 0 Å². The SMILES string of the molecule is Cc1cc(Nc2nccc(-c3ccc(N4CCOCC4)nc3)n2)ccc1C1CC2CC1N(S(C)(=O)=O)C2. The summed E-state index contributed by atoms with van der Waals surface area (Å²) in [5, 5.41) is 3.33. The van der Waals surface area contributed by atoms with E-state index in [2.05, 4.69) is 39.2 Å². The molecule has 3 fully saturated rings. The van der Waals surface area contributed by atoms with E-state index in [9.17, 15) is 8.42 Å². The molecule has 2 aliphatic heterocycles. The van der Waals surface area contributed by atoms with Crippen LogP contribution in [-0.2, 0) is 14.8 Å². The highest BCUT2D eigenvalue weighted by atomic mass is 32.2. The lowest BCUT2D eigenvalue weighted by Gasteiger charge is -2.32. The van der Waals surface area contributed by atoms with Crippen LogP contribution in [-0.4, -0.2) is 72.8 Å². The third-order valence-corrected chi connectivity index (χ3v) is 9.09. The molecule has 1 N–H and O–H groups in total. The van der Waals surface area contributed by atoms with Crippen molar-refractivity contribution in [3.8, 4) is 11.3 Å². The standard InChI is InChI=1S/C27H32N6O3S/c1-18-13-21(4-5-22(18)23-14-19-15-25(23)33(17-19)37(2,34)35)30-27-28-8-7-24(31-27)20-3-6-26(29-16-20)32-9-11-36-12-10-32/h3-8,13,16,19,23,25H,9-12,14-15,17H2,1-2H3,(H,28,30,31). The molecular formula is C27H32N6O3S. The molecule has 2 aromatic heterocycles. The van der Waals surface area contributed by atoms with E-state index in [0.29, 0.717) is 18.4 Å². The molecule has 194 valence electrons. The van der Waals surface area contributed by atoms with Gasteiger partial charge in [0.05, 0.1) is 25.2 Å². The molecule has 6 rings (SSSR count). The molecule has 1 aromatic carbocycles. The molecule has 3 aliphatic rings. The zero-order valence-corrected chi connectivity index (χ0v) is 22.0. The van der Waals surface area contributed by atoms with Crippen molar-refractivity contribution in [2.24, 2.45) is 5.92 Å². The molecule has 2 bridgehead atoms. The second-order valence-electron chi connectivity index (χ2n) is 10.3. The van der Waals surface area contributed by atoms with Gasteiger partial charge in [0.2, 0.25) is 16.0 Å². The summed E-state index contributed by atoms with van der Waals surface area (Å²) in [7, 11) is -3.18. The van der Waals surface area contributed by atoms with Crippen molar-refractivity contribution < 1.29 is 13.2 Å². The zero-order valence-electron chi connectivity index (χ0n) is 21.2. The van der Waals surface area contributed by atoms with E-state index < -0.39 is 10.0 Å². The Morgan fingerprint density at radius 2 is 1.89 bits per heavy atom. The molecule has 10 heteroatoms. The summed E-state index contributed by atoms with van der Waals surface area (Å²) in [6, 6.07) is 12.3. The van der Waals surface area contributed by atoms with Gasteiger partial charge in [-0.2, -0.15) is 4.31 Å². The molecule has 37 heavy (non-hydrogen) atoms. The highest BCUT2D eigenvalue weighted by Crippen LogP contribution is 2.48. The number of rotatable bonds is 6. The van der Waals surface area contributed by atoms with Gasteiger partial charge in [0.1, 0.15) is 5.82 Å². The normalized spacial score (nSPS) is 23.9. The van der Waals surface area contributed by atoms with Crippen molar-refractivity contribution in [1.82, 2.24) is 19.3 Å². The van der Waals surface area contributed by atoms with Crippen LogP contribution in [0.4, 0.5) is 17.5 Å². The fraction of sp³-hybridized carbons (Fsp3) is 0.444. The quantitative estimate of drug-likeness (QED) is 0.527. The molecule has 0 radical (unpaired) electrons. The van der Waals surface area contributed by atoms with Crippen molar-refractivity contribution in [2.75, 3.05) is 49.3 Å². The van der Waals surface area contributed by atoms with Crippen LogP contribution in [0.5, 0.6) is 0 Å². The van der Waals surface area contributed by atoms with Crippen molar-refractivity contribution >= 4 is 27.5 Å². The van der Waals surface area contributed by atoms with Crippen LogP contribution in [0.1, 0.15) is 29.9 Å². The van der Waals surface area contributed by atoms with Gasteiger partial charge in [0.25, 0.3) is 0 Å². The van der Waals surface area contributed by atoms with Crippen LogP contribution >= 0.6 is 0 Å². The van der Waals surface area contributed by atoms with Gasteiger partial charge >= 0.3 is 0 Å².